The lowest BCUT2D eigenvalue weighted by Crippen LogP contribution is -2.27. The standard InChI is InChI=1S/C27H25FN4O2/c1-14-18(3-2-4-22(14)32-27(34)15-5-7-16(28)8-6-15)19-11-12-21(26(30)33)25-24(19)20-10-9-17(29)13-23(20)31-25/h2-8,11-12,17,31H,9-10,13,29H2,1H3,(H2,30,33)(H,32,34). The Morgan fingerprint density at radius 2 is 1.82 bits per heavy atom. The molecular weight excluding hydrogens is 431 g/mol. The highest BCUT2D eigenvalue weighted by Crippen LogP contribution is 2.40. The number of amides is 2. The van der Waals surface area contributed by atoms with E-state index in [1.807, 2.05) is 31.2 Å². The molecule has 34 heavy (non-hydrogen) atoms. The Morgan fingerprint density at radius 1 is 1.06 bits per heavy atom. The number of aromatic nitrogens is 1. The van der Waals surface area contributed by atoms with E-state index in [4.69, 9.17) is 11.5 Å². The fraction of sp³-hybridized carbons (Fsp3) is 0.185. The third-order valence-electron chi connectivity index (χ3n) is 6.62. The summed E-state index contributed by atoms with van der Waals surface area (Å²) in [5.74, 6) is -1.20. The van der Waals surface area contributed by atoms with Gasteiger partial charge in [0.1, 0.15) is 5.82 Å². The Kier molecular flexibility index (Phi) is 5.42. The van der Waals surface area contributed by atoms with Crippen LogP contribution in [0.2, 0.25) is 0 Å². The number of hydrogen-bond donors (Lipinski definition) is 4. The number of aryl methyl sites for hydroxylation is 1. The van der Waals surface area contributed by atoms with E-state index < -0.39 is 11.7 Å². The van der Waals surface area contributed by atoms with Gasteiger partial charge < -0.3 is 21.8 Å². The number of H-pyrrole nitrogens is 1. The van der Waals surface area contributed by atoms with Crippen molar-refractivity contribution in [3.8, 4) is 11.1 Å². The van der Waals surface area contributed by atoms with E-state index in [-0.39, 0.29) is 11.9 Å². The van der Waals surface area contributed by atoms with Crippen LogP contribution in [0.3, 0.4) is 0 Å². The number of hydrogen-bond acceptors (Lipinski definition) is 3. The molecule has 6 nitrogen and oxygen atoms in total. The second kappa shape index (κ2) is 8.43. The molecule has 1 atom stereocenters. The lowest BCUT2D eigenvalue weighted by Gasteiger charge is -2.19. The molecule has 1 aliphatic rings. The summed E-state index contributed by atoms with van der Waals surface area (Å²) in [4.78, 5) is 28.3. The summed E-state index contributed by atoms with van der Waals surface area (Å²) in [6.07, 6.45) is 2.40. The monoisotopic (exact) mass is 456 g/mol. The van der Waals surface area contributed by atoms with Crippen LogP contribution in [-0.2, 0) is 12.8 Å². The fourth-order valence-electron chi connectivity index (χ4n) is 4.86. The number of aromatic amines is 1. The number of carbonyl (C=O) groups is 2. The van der Waals surface area contributed by atoms with Crippen molar-refractivity contribution in [2.45, 2.75) is 32.2 Å². The van der Waals surface area contributed by atoms with Crippen LogP contribution >= 0.6 is 0 Å². The second-order valence-electron chi connectivity index (χ2n) is 8.80. The number of fused-ring (bicyclic) bond motifs is 3. The number of primary amides is 1. The van der Waals surface area contributed by atoms with Gasteiger partial charge in [0.25, 0.3) is 11.8 Å². The summed E-state index contributed by atoms with van der Waals surface area (Å²) >= 11 is 0. The lowest BCUT2D eigenvalue weighted by atomic mass is 9.88. The smallest absolute Gasteiger partial charge is 0.255 e. The van der Waals surface area contributed by atoms with E-state index in [1.54, 1.807) is 6.07 Å². The molecule has 1 aliphatic carbocycles. The van der Waals surface area contributed by atoms with Gasteiger partial charge in [-0.05, 0) is 78.4 Å². The van der Waals surface area contributed by atoms with E-state index in [9.17, 15) is 14.0 Å². The van der Waals surface area contributed by atoms with Gasteiger partial charge in [-0.15, -0.1) is 0 Å². The molecule has 0 spiro atoms. The van der Waals surface area contributed by atoms with Gasteiger partial charge in [-0.3, -0.25) is 9.59 Å². The molecule has 3 aromatic carbocycles. The molecule has 5 rings (SSSR count). The minimum Gasteiger partial charge on any atom is -0.366 e. The van der Waals surface area contributed by atoms with Crippen molar-refractivity contribution in [1.29, 1.82) is 0 Å². The first-order chi connectivity index (χ1) is 16.3. The number of rotatable bonds is 4. The zero-order valence-electron chi connectivity index (χ0n) is 18.7. The minimum atomic E-state index is -0.489. The molecule has 2 amide bonds. The maximum absolute atomic E-state index is 13.2. The molecule has 1 unspecified atom stereocenters. The molecule has 1 heterocycles. The number of nitrogens with one attached hydrogen (secondary N) is 2. The minimum absolute atomic E-state index is 0.0766. The van der Waals surface area contributed by atoms with Crippen molar-refractivity contribution < 1.29 is 14.0 Å². The predicted molar refractivity (Wildman–Crippen MR) is 131 cm³/mol. The van der Waals surface area contributed by atoms with Gasteiger partial charge in [0.2, 0.25) is 0 Å². The quantitative estimate of drug-likeness (QED) is 0.364. The summed E-state index contributed by atoms with van der Waals surface area (Å²) < 4.78 is 13.2. The molecule has 0 saturated heterocycles. The van der Waals surface area contributed by atoms with Crippen LogP contribution in [0.5, 0.6) is 0 Å². The number of benzene rings is 3. The first kappa shape index (κ1) is 21.9. The molecule has 0 saturated carbocycles. The molecule has 1 aromatic heterocycles. The van der Waals surface area contributed by atoms with Crippen molar-refractivity contribution in [1.82, 2.24) is 4.98 Å². The Bertz CT molecular complexity index is 1440. The number of carbonyl (C=O) groups excluding carboxylic acids is 2. The molecule has 0 radical (unpaired) electrons. The van der Waals surface area contributed by atoms with Crippen molar-refractivity contribution in [2.75, 3.05) is 5.32 Å². The molecule has 4 aromatic rings. The summed E-state index contributed by atoms with van der Waals surface area (Å²) in [6.45, 7) is 1.94. The van der Waals surface area contributed by atoms with Crippen LogP contribution < -0.4 is 16.8 Å². The molecule has 6 N–H and O–H groups in total. The number of nitrogens with two attached hydrogens (primary N) is 2. The van der Waals surface area contributed by atoms with Crippen LogP contribution in [-0.4, -0.2) is 22.8 Å². The zero-order chi connectivity index (χ0) is 24.0. The molecule has 0 fully saturated rings. The maximum Gasteiger partial charge on any atom is 0.255 e. The molecule has 172 valence electrons. The average molecular weight is 457 g/mol. The first-order valence-corrected chi connectivity index (χ1v) is 11.2. The summed E-state index contributed by atoms with van der Waals surface area (Å²) in [6, 6.07) is 14.9. The predicted octanol–water partition coefficient (Wildman–Crippen LogP) is 4.45. The molecular formula is C27H25FN4O2. The third-order valence-corrected chi connectivity index (χ3v) is 6.62. The van der Waals surface area contributed by atoms with Gasteiger partial charge in [-0.25, -0.2) is 4.39 Å². The van der Waals surface area contributed by atoms with Crippen molar-refractivity contribution >= 4 is 28.4 Å². The normalized spacial score (nSPS) is 15.2. The summed E-state index contributed by atoms with van der Waals surface area (Å²) in [5, 5.41) is 3.91. The highest BCUT2D eigenvalue weighted by Gasteiger charge is 2.25. The fourth-order valence-corrected chi connectivity index (χ4v) is 4.86. The Hall–Kier alpha value is -3.97. The number of anilines is 1. The summed E-state index contributed by atoms with van der Waals surface area (Å²) in [5.41, 5.74) is 19.1. The highest BCUT2D eigenvalue weighted by atomic mass is 19.1. The first-order valence-electron chi connectivity index (χ1n) is 11.2. The zero-order valence-corrected chi connectivity index (χ0v) is 18.7. The van der Waals surface area contributed by atoms with Crippen LogP contribution in [0.15, 0.2) is 54.6 Å². The van der Waals surface area contributed by atoms with Gasteiger partial charge >= 0.3 is 0 Å². The van der Waals surface area contributed by atoms with Crippen molar-refractivity contribution in [2.24, 2.45) is 11.5 Å². The van der Waals surface area contributed by atoms with Gasteiger partial charge in [0.05, 0.1) is 11.1 Å². The van der Waals surface area contributed by atoms with Gasteiger partial charge in [-0.2, -0.15) is 0 Å². The van der Waals surface area contributed by atoms with E-state index in [0.29, 0.717) is 23.2 Å². The highest BCUT2D eigenvalue weighted by molar-refractivity contribution is 6.11. The van der Waals surface area contributed by atoms with Gasteiger partial charge in [0, 0.05) is 34.8 Å². The molecule has 0 aliphatic heterocycles. The maximum atomic E-state index is 13.2. The Morgan fingerprint density at radius 3 is 2.56 bits per heavy atom. The van der Waals surface area contributed by atoms with Gasteiger partial charge in [0.15, 0.2) is 0 Å². The van der Waals surface area contributed by atoms with E-state index in [0.717, 1.165) is 51.7 Å². The van der Waals surface area contributed by atoms with Crippen LogP contribution in [0.1, 0.15) is 44.0 Å². The molecule has 7 heteroatoms. The second-order valence-corrected chi connectivity index (χ2v) is 8.80. The Balaban J connectivity index is 1.62. The van der Waals surface area contributed by atoms with E-state index in [2.05, 4.69) is 10.3 Å². The van der Waals surface area contributed by atoms with Crippen LogP contribution in [0, 0.1) is 12.7 Å². The van der Waals surface area contributed by atoms with E-state index >= 15 is 0 Å². The average Bonchev–Trinajstić information content (AvgIpc) is 3.18. The Labute approximate surface area is 196 Å². The van der Waals surface area contributed by atoms with Crippen LogP contribution in [0.25, 0.3) is 22.0 Å². The number of halogens is 1. The van der Waals surface area contributed by atoms with E-state index in [1.165, 1.54) is 24.3 Å². The van der Waals surface area contributed by atoms with Gasteiger partial charge in [-0.1, -0.05) is 18.2 Å². The third kappa shape index (κ3) is 3.74. The van der Waals surface area contributed by atoms with Crippen molar-refractivity contribution in [3.05, 3.63) is 88.4 Å². The SMILES string of the molecule is Cc1c(NC(=O)c2ccc(F)cc2)cccc1-c1ccc(C(N)=O)c2[nH]c3c(c12)CCC(N)C3. The topological polar surface area (TPSA) is 114 Å². The largest absolute Gasteiger partial charge is 0.366 e. The molecule has 0 bridgehead atoms. The lowest BCUT2D eigenvalue weighted by molar-refractivity contribution is 0.0998. The van der Waals surface area contributed by atoms with Crippen LogP contribution in [0.4, 0.5) is 10.1 Å². The summed E-state index contributed by atoms with van der Waals surface area (Å²) in [7, 11) is 0. The van der Waals surface area contributed by atoms with Crippen molar-refractivity contribution in [3.63, 3.8) is 0 Å².